The van der Waals surface area contributed by atoms with Crippen molar-refractivity contribution in [3.05, 3.63) is 10.5 Å². The molecule has 0 aliphatic heterocycles. The van der Waals surface area contributed by atoms with Crippen LogP contribution in [0.3, 0.4) is 0 Å². The normalized spacial score (nSPS) is 9.14. The molecule has 0 spiro atoms. The Labute approximate surface area is 37.5 Å². The molecule has 0 aromatic carbocycles. The van der Waals surface area contributed by atoms with Crippen LogP contribution in [0.25, 0.3) is 0 Å². The van der Waals surface area contributed by atoms with Gasteiger partial charge in [0.2, 0.25) is 0 Å². The van der Waals surface area contributed by atoms with Gasteiger partial charge in [-0.3, -0.25) is 9.42 Å². The zero-order valence-electron chi connectivity index (χ0n) is 3.25. The van der Waals surface area contributed by atoms with E-state index in [2.05, 4.69) is 4.63 Å². The Morgan fingerprint density at radius 2 is 2.57 bits per heavy atom. The molecule has 0 bridgehead atoms. The maximum Gasteiger partial charge on any atom is 0.394 e. The second-order valence-corrected chi connectivity index (χ2v) is 0.930. The highest BCUT2D eigenvalue weighted by atomic mass is 16.6. The van der Waals surface area contributed by atoms with Gasteiger partial charge in [0.1, 0.15) is 0 Å². The van der Waals surface area contributed by atoms with Crippen LogP contribution in [-0.2, 0) is 4.79 Å². The molecule has 1 aromatic heterocycles. The summed E-state index contributed by atoms with van der Waals surface area (Å²) < 4.78 is 4.60. The van der Waals surface area contributed by atoms with Crippen molar-refractivity contribution in [2.75, 3.05) is 0 Å². The number of aromatic amines is 1. The van der Waals surface area contributed by atoms with Gasteiger partial charge in [0.25, 0.3) is 6.41 Å². The molecule has 1 heterocycles. The SMILES string of the molecule is O=Cn1o[nH]c1=O. The third kappa shape index (κ3) is 0.375. The fourth-order valence-electron chi connectivity index (χ4n) is 0.205. The van der Waals surface area contributed by atoms with Crippen LogP contribution in [0.15, 0.2) is 9.42 Å². The highest BCUT2D eigenvalue weighted by Gasteiger charge is 1.94. The van der Waals surface area contributed by atoms with Gasteiger partial charge in [0, 0.05) is 0 Å². The topological polar surface area (TPSA) is 68.0 Å². The van der Waals surface area contributed by atoms with Crippen LogP contribution in [0.1, 0.15) is 0 Å². The number of aromatic nitrogens is 2. The Bertz CT molecular complexity index is 203. The summed E-state index contributed by atoms with van der Waals surface area (Å²) in [5, 5.41) is 1.87. The van der Waals surface area contributed by atoms with Crippen molar-refractivity contribution in [1.29, 1.82) is 0 Å². The molecule has 5 nitrogen and oxygen atoms in total. The Balaban J connectivity index is 3.07. The first-order valence-corrected chi connectivity index (χ1v) is 1.56. The largest absolute Gasteiger partial charge is 0.394 e. The number of rotatable bonds is 1. The first kappa shape index (κ1) is 3.91. The average molecular weight is 102 g/mol. The maximum absolute atomic E-state index is 9.92. The summed E-state index contributed by atoms with van der Waals surface area (Å²) in [6.45, 7) is 0. The molecule has 0 aliphatic rings. The number of hydrogen-bond donors (Lipinski definition) is 1. The molecule has 7 heavy (non-hydrogen) atoms. The Morgan fingerprint density at radius 3 is 2.57 bits per heavy atom. The van der Waals surface area contributed by atoms with E-state index in [1.54, 1.807) is 0 Å². The summed E-state index contributed by atoms with van der Waals surface area (Å²) in [4.78, 5) is 19.5. The lowest BCUT2D eigenvalue weighted by Crippen LogP contribution is -2.27. The van der Waals surface area contributed by atoms with E-state index in [0.29, 0.717) is 4.74 Å². The standard InChI is InChI=1S/C2H2N2O3/c5-1-4-2(6)3-7-4/h1H,(H,3,6). The van der Waals surface area contributed by atoms with E-state index in [9.17, 15) is 9.59 Å². The van der Waals surface area contributed by atoms with Crippen molar-refractivity contribution in [3.8, 4) is 0 Å². The van der Waals surface area contributed by atoms with Gasteiger partial charge >= 0.3 is 5.69 Å². The number of carbonyl (C=O) groups excluding carboxylic acids is 1. The molecule has 1 aromatic rings. The van der Waals surface area contributed by atoms with E-state index in [-0.39, 0.29) is 6.41 Å². The van der Waals surface area contributed by atoms with Crippen molar-refractivity contribution in [2.45, 2.75) is 0 Å². The highest BCUT2D eigenvalue weighted by Crippen LogP contribution is 1.61. The Hall–Kier alpha value is -1.26. The van der Waals surface area contributed by atoms with E-state index >= 15 is 0 Å². The predicted octanol–water partition coefficient (Wildman–Crippen LogP) is -1.19. The van der Waals surface area contributed by atoms with Gasteiger partial charge in [0.05, 0.1) is 0 Å². The molecule has 5 heteroatoms. The van der Waals surface area contributed by atoms with Gasteiger partial charge in [0.15, 0.2) is 0 Å². The quantitative estimate of drug-likeness (QED) is 0.453. The maximum atomic E-state index is 9.92. The third-order valence-corrected chi connectivity index (χ3v) is 0.527. The first-order valence-electron chi connectivity index (χ1n) is 1.56. The molecule has 0 amide bonds. The third-order valence-electron chi connectivity index (χ3n) is 0.527. The highest BCUT2D eigenvalue weighted by molar-refractivity contribution is 5.48. The lowest BCUT2D eigenvalue weighted by molar-refractivity contribution is 0.154. The van der Waals surface area contributed by atoms with Crippen LogP contribution >= 0.6 is 0 Å². The van der Waals surface area contributed by atoms with Crippen LogP contribution in [0.5, 0.6) is 0 Å². The Morgan fingerprint density at radius 1 is 1.86 bits per heavy atom. The molecule has 0 saturated heterocycles. The van der Waals surface area contributed by atoms with E-state index in [0.717, 1.165) is 0 Å². The van der Waals surface area contributed by atoms with Crippen LogP contribution in [-0.4, -0.2) is 16.3 Å². The van der Waals surface area contributed by atoms with Gasteiger partial charge < -0.3 is 0 Å². The molecule has 0 saturated carbocycles. The second-order valence-electron chi connectivity index (χ2n) is 0.930. The molecular weight excluding hydrogens is 100 g/mol. The summed E-state index contributed by atoms with van der Waals surface area (Å²) in [5.41, 5.74) is -0.532. The van der Waals surface area contributed by atoms with Gasteiger partial charge in [-0.25, -0.2) is 4.79 Å². The molecule has 0 atom stereocenters. The van der Waals surface area contributed by atoms with Gasteiger partial charge in [-0.1, -0.05) is 4.74 Å². The van der Waals surface area contributed by atoms with E-state index < -0.39 is 5.69 Å². The predicted molar refractivity (Wildman–Crippen MR) is 19.5 cm³/mol. The Kier molecular flexibility index (Phi) is 0.619. The number of nitrogens with one attached hydrogen (secondary N) is 1. The van der Waals surface area contributed by atoms with Crippen LogP contribution in [0, 0.1) is 0 Å². The minimum atomic E-state index is -0.532. The smallest absolute Gasteiger partial charge is 0.277 e. The molecule has 0 unspecified atom stereocenters. The lowest BCUT2D eigenvalue weighted by Gasteiger charge is -1.90. The fraction of sp³-hybridized carbons (Fsp3) is 0. The molecule has 0 fully saturated rings. The van der Waals surface area contributed by atoms with Gasteiger partial charge in [-0.15, -0.1) is 5.16 Å². The van der Waals surface area contributed by atoms with E-state index in [1.165, 1.54) is 0 Å². The summed E-state index contributed by atoms with van der Waals surface area (Å²) in [5.74, 6) is 0. The lowest BCUT2D eigenvalue weighted by atomic mass is 11.1. The molecular formula is C2H2N2O3. The molecule has 0 radical (unpaired) electrons. The fourth-order valence-corrected chi connectivity index (χ4v) is 0.205. The van der Waals surface area contributed by atoms with Crippen molar-refractivity contribution in [1.82, 2.24) is 9.90 Å². The minimum Gasteiger partial charge on any atom is -0.277 e. The molecule has 1 rings (SSSR count). The number of nitrogens with zero attached hydrogens (tertiary/aromatic N) is 1. The minimum absolute atomic E-state index is 0.277. The average Bonchev–Trinajstić information content (AvgIpc) is 1.65. The van der Waals surface area contributed by atoms with Crippen LogP contribution in [0.4, 0.5) is 0 Å². The number of hydrogen-bond acceptors (Lipinski definition) is 3. The first-order chi connectivity index (χ1) is 3.34. The summed E-state index contributed by atoms with van der Waals surface area (Å²) >= 11 is 0. The van der Waals surface area contributed by atoms with Crippen LogP contribution < -0.4 is 5.69 Å². The zero-order chi connectivity index (χ0) is 5.28. The number of H-pyrrole nitrogens is 1. The van der Waals surface area contributed by atoms with Crippen LogP contribution in [0.2, 0.25) is 0 Å². The monoisotopic (exact) mass is 102 g/mol. The summed E-state index contributed by atoms with van der Waals surface area (Å²) in [7, 11) is 0. The summed E-state index contributed by atoms with van der Waals surface area (Å²) in [6, 6.07) is 0. The molecule has 38 valence electrons. The number of carbonyl (C=O) groups is 1. The van der Waals surface area contributed by atoms with Crippen molar-refractivity contribution in [3.63, 3.8) is 0 Å². The molecule has 1 N–H and O–H groups in total. The van der Waals surface area contributed by atoms with Gasteiger partial charge in [-0.05, 0) is 0 Å². The summed E-state index contributed by atoms with van der Waals surface area (Å²) in [6.07, 6.45) is 0.277. The van der Waals surface area contributed by atoms with Crippen molar-refractivity contribution in [2.24, 2.45) is 0 Å². The zero-order valence-corrected chi connectivity index (χ0v) is 3.25. The second kappa shape index (κ2) is 1.11. The van der Waals surface area contributed by atoms with E-state index in [1.807, 2.05) is 5.16 Å². The van der Waals surface area contributed by atoms with Gasteiger partial charge in [-0.2, -0.15) is 0 Å². The molecule has 0 aliphatic carbocycles. The van der Waals surface area contributed by atoms with Crippen molar-refractivity contribution >= 4 is 6.41 Å². The van der Waals surface area contributed by atoms with Crippen molar-refractivity contribution < 1.29 is 9.42 Å². The van der Waals surface area contributed by atoms with E-state index in [4.69, 9.17) is 0 Å².